The second-order valence-corrected chi connectivity index (χ2v) is 7.21. The van der Waals surface area contributed by atoms with Crippen LogP contribution in [0.3, 0.4) is 0 Å². The number of alkyl halides is 3. The molecule has 0 aromatic carbocycles. The Kier molecular flexibility index (Phi) is 5.48. The molecule has 0 aliphatic carbocycles. The highest BCUT2D eigenvalue weighted by molar-refractivity contribution is 7.10. The van der Waals surface area contributed by atoms with Gasteiger partial charge in [0.15, 0.2) is 0 Å². The summed E-state index contributed by atoms with van der Waals surface area (Å²) in [5.74, 6) is 0.179. The molecule has 1 saturated heterocycles. The van der Waals surface area contributed by atoms with E-state index in [1.807, 2.05) is 0 Å². The highest BCUT2D eigenvalue weighted by Gasteiger charge is 2.33. The number of nitrogens with one attached hydrogen (secondary N) is 1. The number of pyridine rings is 1. The lowest BCUT2D eigenvalue weighted by Crippen LogP contribution is -2.49. The fraction of sp³-hybridized carbons (Fsp3) is 0.438. The molecule has 1 amide bonds. The van der Waals surface area contributed by atoms with Gasteiger partial charge in [0.05, 0.1) is 21.8 Å². The molecule has 3 rings (SSSR count). The first-order valence-corrected chi connectivity index (χ1v) is 9.28. The first-order chi connectivity index (χ1) is 12.7. The summed E-state index contributed by atoms with van der Waals surface area (Å²) in [4.78, 5) is 20.2. The van der Waals surface area contributed by atoms with E-state index in [0.717, 1.165) is 12.3 Å². The van der Waals surface area contributed by atoms with E-state index in [1.54, 1.807) is 23.8 Å². The normalized spacial score (nSPS) is 15.2. The molecule has 0 unspecified atom stereocenters. The number of aromatic nitrogens is 2. The predicted octanol–water partition coefficient (Wildman–Crippen LogP) is 3.52. The van der Waals surface area contributed by atoms with Crippen molar-refractivity contribution >= 4 is 39.9 Å². The van der Waals surface area contributed by atoms with Crippen LogP contribution in [0.4, 0.5) is 24.0 Å². The molecule has 1 fully saturated rings. The molecular weight excluding hydrogens is 403 g/mol. The Balaban J connectivity index is 1.70. The van der Waals surface area contributed by atoms with Crippen LogP contribution in [0.1, 0.15) is 21.6 Å². The van der Waals surface area contributed by atoms with Crippen LogP contribution in [-0.2, 0) is 6.18 Å². The quantitative estimate of drug-likeness (QED) is 0.824. The van der Waals surface area contributed by atoms with Gasteiger partial charge >= 0.3 is 6.18 Å². The third-order valence-electron chi connectivity index (χ3n) is 4.32. The Morgan fingerprint density at radius 3 is 2.52 bits per heavy atom. The number of anilines is 2. The monoisotopic (exact) mass is 419 g/mol. The van der Waals surface area contributed by atoms with Crippen molar-refractivity contribution in [3.05, 3.63) is 34.1 Å². The summed E-state index contributed by atoms with van der Waals surface area (Å²) in [6.07, 6.45) is -3.71. The standard InChI is InChI=1S/C16H17ClF3N5OS/c1-9-12(14(21-2)27-23-9)15(26)25-5-3-24(4-6-25)13-11(17)7-10(8-22-13)16(18,19)20/h7-8,21H,3-6H2,1-2H3. The first kappa shape index (κ1) is 19.7. The molecule has 0 atom stereocenters. The zero-order valence-corrected chi connectivity index (χ0v) is 16.2. The average Bonchev–Trinajstić information content (AvgIpc) is 3.01. The molecule has 3 heterocycles. The molecule has 0 spiro atoms. The van der Waals surface area contributed by atoms with E-state index in [9.17, 15) is 18.0 Å². The number of halogens is 4. The first-order valence-electron chi connectivity index (χ1n) is 8.13. The van der Waals surface area contributed by atoms with Crippen molar-refractivity contribution in [2.75, 3.05) is 43.4 Å². The van der Waals surface area contributed by atoms with Gasteiger partial charge in [-0.3, -0.25) is 4.79 Å². The molecule has 2 aromatic rings. The average molecular weight is 420 g/mol. The molecule has 6 nitrogen and oxygen atoms in total. The second-order valence-electron chi connectivity index (χ2n) is 6.03. The van der Waals surface area contributed by atoms with Crippen LogP contribution in [0.15, 0.2) is 12.3 Å². The Morgan fingerprint density at radius 1 is 1.30 bits per heavy atom. The highest BCUT2D eigenvalue weighted by Crippen LogP contribution is 2.34. The minimum absolute atomic E-state index is 0.0556. The van der Waals surface area contributed by atoms with Gasteiger partial charge in [-0.1, -0.05) is 11.6 Å². The van der Waals surface area contributed by atoms with Gasteiger partial charge in [-0.05, 0) is 24.5 Å². The van der Waals surface area contributed by atoms with Gasteiger partial charge in [0.2, 0.25) is 0 Å². The Hall–Kier alpha value is -2.07. The van der Waals surface area contributed by atoms with Gasteiger partial charge in [0.1, 0.15) is 10.8 Å². The zero-order valence-electron chi connectivity index (χ0n) is 14.6. The number of piperazine rings is 1. The maximum Gasteiger partial charge on any atom is 0.417 e. The second kappa shape index (κ2) is 7.51. The van der Waals surface area contributed by atoms with Gasteiger partial charge in [-0.25, -0.2) is 4.98 Å². The Bertz CT molecular complexity index is 849. The summed E-state index contributed by atoms with van der Waals surface area (Å²) < 4.78 is 42.4. The molecular formula is C16H17ClF3N5OS. The van der Waals surface area contributed by atoms with Crippen molar-refractivity contribution in [1.29, 1.82) is 0 Å². The lowest BCUT2D eigenvalue weighted by molar-refractivity contribution is -0.137. The molecule has 1 aliphatic heterocycles. The van der Waals surface area contributed by atoms with Crippen LogP contribution < -0.4 is 10.2 Å². The highest BCUT2D eigenvalue weighted by atomic mass is 35.5. The smallest absolute Gasteiger partial charge is 0.378 e. The topological polar surface area (TPSA) is 61.4 Å². The number of nitrogens with zero attached hydrogens (tertiary/aromatic N) is 4. The van der Waals surface area contributed by atoms with E-state index in [-0.39, 0.29) is 10.9 Å². The van der Waals surface area contributed by atoms with Crippen molar-refractivity contribution < 1.29 is 18.0 Å². The summed E-state index contributed by atoms with van der Waals surface area (Å²) >= 11 is 7.24. The molecule has 1 aliphatic rings. The fourth-order valence-electron chi connectivity index (χ4n) is 2.89. The van der Waals surface area contributed by atoms with Crippen molar-refractivity contribution in [2.24, 2.45) is 0 Å². The maximum atomic E-state index is 12.8. The number of carbonyl (C=O) groups is 1. The zero-order chi connectivity index (χ0) is 19.8. The van der Waals surface area contributed by atoms with Crippen LogP contribution in [0.5, 0.6) is 0 Å². The largest absolute Gasteiger partial charge is 0.417 e. The van der Waals surface area contributed by atoms with Gasteiger partial charge in [0.25, 0.3) is 5.91 Å². The van der Waals surface area contributed by atoms with Crippen LogP contribution in [-0.4, -0.2) is 53.4 Å². The summed E-state index contributed by atoms with van der Waals surface area (Å²) in [5.41, 5.74) is 0.343. The fourth-order valence-corrected chi connectivity index (χ4v) is 3.91. The molecule has 1 N–H and O–H groups in total. The van der Waals surface area contributed by atoms with Crippen LogP contribution in [0.25, 0.3) is 0 Å². The van der Waals surface area contributed by atoms with Crippen LogP contribution in [0, 0.1) is 6.92 Å². The molecule has 2 aromatic heterocycles. The number of hydrogen-bond donors (Lipinski definition) is 1. The predicted molar refractivity (Wildman–Crippen MR) is 98.8 cm³/mol. The summed E-state index contributed by atoms with van der Waals surface area (Å²) in [7, 11) is 1.74. The number of rotatable bonds is 3. The molecule has 0 saturated carbocycles. The van der Waals surface area contributed by atoms with E-state index >= 15 is 0 Å². The number of amides is 1. The van der Waals surface area contributed by atoms with Crippen molar-refractivity contribution in [1.82, 2.24) is 14.3 Å². The summed E-state index contributed by atoms with van der Waals surface area (Å²) in [6.45, 7) is 3.46. The maximum absolute atomic E-state index is 12.8. The minimum atomic E-state index is -4.49. The Morgan fingerprint density at radius 2 is 1.96 bits per heavy atom. The van der Waals surface area contributed by atoms with Crippen LogP contribution in [0.2, 0.25) is 5.02 Å². The number of hydrogen-bond acceptors (Lipinski definition) is 6. The third-order valence-corrected chi connectivity index (χ3v) is 5.55. The van der Waals surface area contributed by atoms with Gasteiger partial charge < -0.3 is 15.1 Å². The van der Waals surface area contributed by atoms with Crippen molar-refractivity contribution in [3.8, 4) is 0 Å². The van der Waals surface area contributed by atoms with E-state index in [2.05, 4.69) is 14.7 Å². The van der Waals surface area contributed by atoms with E-state index in [0.29, 0.717) is 48.3 Å². The molecule has 146 valence electrons. The van der Waals surface area contributed by atoms with Gasteiger partial charge in [-0.15, -0.1) is 0 Å². The number of aryl methyl sites for hydroxylation is 1. The Labute approximate surface area is 163 Å². The van der Waals surface area contributed by atoms with Gasteiger partial charge in [0, 0.05) is 39.4 Å². The molecule has 0 bridgehead atoms. The SMILES string of the molecule is CNc1snc(C)c1C(=O)N1CCN(c2ncc(C(F)(F)F)cc2Cl)CC1. The molecule has 0 radical (unpaired) electrons. The van der Waals surface area contributed by atoms with Crippen molar-refractivity contribution in [2.45, 2.75) is 13.1 Å². The lowest BCUT2D eigenvalue weighted by Gasteiger charge is -2.36. The summed E-state index contributed by atoms with van der Waals surface area (Å²) in [6, 6.07) is 0.876. The number of carbonyl (C=O) groups excluding carboxylic acids is 1. The summed E-state index contributed by atoms with van der Waals surface area (Å²) in [5, 5.41) is 3.63. The van der Waals surface area contributed by atoms with Crippen molar-refractivity contribution in [3.63, 3.8) is 0 Å². The van der Waals surface area contributed by atoms with E-state index in [1.165, 1.54) is 11.5 Å². The molecule has 11 heteroatoms. The van der Waals surface area contributed by atoms with E-state index in [4.69, 9.17) is 11.6 Å². The lowest BCUT2D eigenvalue weighted by atomic mass is 10.2. The molecule has 27 heavy (non-hydrogen) atoms. The van der Waals surface area contributed by atoms with E-state index < -0.39 is 11.7 Å². The van der Waals surface area contributed by atoms with Gasteiger partial charge in [-0.2, -0.15) is 17.5 Å². The third kappa shape index (κ3) is 3.96. The van der Waals surface area contributed by atoms with Crippen LogP contribution >= 0.6 is 23.1 Å². The minimum Gasteiger partial charge on any atom is -0.378 e.